The molecule has 3 aliphatic rings. The Morgan fingerprint density at radius 3 is 2.28 bits per heavy atom. The maximum atomic E-state index is 14.0. The number of Topliss-reactive ketones (excluding diaryl/α,β-unsaturated/α-hetero) is 2. The molecule has 0 saturated heterocycles. The highest BCUT2D eigenvalue weighted by molar-refractivity contribution is 6.10. The third-order valence-electron chi connectivity index (χ3n) is 7.96. The van der Waals surface area contributed by atoms with E-state index in [0.29, 0.717) is 0 Å². The molecule has 2 nitrogen and oxygen atoms in total. The van der Waals surface area contributed by atoms with Crippen LogP contribution in [-0.2, 0) is 20.4 Å². The van der Waals surface area contributed by atoms with Gasteiger partial charge in [-0.05, 0) is 48.4 Å². The maximum Gasteiger partial charge on any atom is 0.163 e. The average Bonchev–Trinajstić information content (AvgIpc) is 2.95. The summed E-state index contributed by atoms with van der Waals surface area (Å²) in [7, 11) is 0. The van der Waals surface area contributed by atoms with Gasteiger partial charge in [-0.15, -0.1) is 0 Å². The van der Waals surface area contributed by atoms with E-state index in [4.69, 9.17) is 0 Å². The van der Waals surface area contributed by atoms with Gasteiger partial charge in [0.25, 0.3) is 0 Å². The Labute approximate surface area is 173 Å². The van der Waals surface area contributed by atoms with Crippen molar-refractivity contribution in [1.29, 1.82) is 0 Å². The molecule has 0 aliphatic heterocycles. The second kappa shape index (κ2) is 6.26. The molecular weight excluding hydrogens is 356 g/mol. The topological polar surface area (TPSA) is 34.1 Å². The third kappa shape index (κ3) is 2.12. The lowest BCUT2D eigenvalue weighted by atomic mass is 9.48. The summed E-state index contributed by atoms with van der Waals surface area (Å²) in [6.45, 7) is 6.16. The molecule has 0 amide bonds. The van der Waals surface area contributed by atoms with E-state index in [1.807, 2.05) is 26.0 Å². The summed E-state index contributed by atoms with van der Waals surface area (Å²) < 4.78 is 0. The molecule has 1 fully saturated rings. The van der Waals surface area contributed by atoms with E-state index in [1.165, 1.54) is 11.1 Å². The number of unbranched alkanes of at least 4 members (excludes halogenated alkanes) is 1. The van der Waals surface area contributed by atoms with Crippen molar-refractivity contribution in [1.82, 2.24) is 0 Å². The minimum absolute atomic E-state index is 0.0000463. The molecule has 1 saturated carbocycles. The molecule has 0 unspecified atom stereocenters. The number of hydrogen-bond acceptors (Lipinski definition) is 2. The molecule has 0 spiro atoms. The van der Waals surface area contributed by atoms with E-state index in [9.17, 15) is 9.59 Å². The van der Waals surface area contributed by atoms with E-state index in [1.54, 1.807) is 0 Å². The van der Waals surface area contributed by atoms with Gasteiger partial charge < -0.3 is 0 Å². The summed E-state index contributed by atoms with van der Waals surface area (Å²) in [6.07, 6.45) is 5.15. The van der Waals surface area contributed by atoms with Crippen LogP contribution in [-0.4, -0.2) is 11.6 Å². The Morgan fingerprint density at radius 1 is 0.931 bits per heavy atom. The predicted molar refractivity (Wildman–Crippen MR) is 115 cm³/mol. The number of fused-ring (bicyclic) bond motifs is 3. The first-order valence-electron chi connectivity index (χ1n) is 10.9. The molecule has 0 radical (unpaired) electrons. The Kier molecular flexibility index (Phi) is 4.00. The molecule has 2 aromatic carbocycles. The zero-order valence-electron chi connectivity index (χ0n) is 17.4. The van der Waals surface area contributed by atoms with Crippen molar-refractivity contribution in [3.8, 4) is 0 Å². The van der Waals surface area contributed by atoms with E-state index in [0.717, 1.165) is 30.4 Å². The second-order valence-electron chi connectivity index (χ2n) is 9.29. The summed E-state index contributed by atoms with van der Waals surface area (Å²) in [6, 6.07) is 18.9. The van der Waals surface area contributed by atoms with Gasteiger partial charge in [-0.3, -0.25) is 9.59 Å². The van der Waals surface area contributed by atoms with Crippen molar-refractivity contribution in [3.05, 3.63) is 82.9 Å². The van der Waals surface area contributed by atoms with Gasteiger partial charge in [0.15, 0.2) is 5.78 Å². The number of benzene rings is 2. The Hall–Kier alpha value is -2.48. The first-order valence-corrected chi connectivity index (χ1v) is 10.9. The largest absolute Gasteiger partial charge is 0.298 e. The van der Waals surface area contributed by atoms with Crippen molar-refractivity contribution in [3.63, 3.8) is 0 Å². The molecule has 5 atom stereocenters. The van der Waals surface area contributed by atoms with E-state index in [2.05, 4.69) is 55.5 Å². The maximum absolute atomic E-state index is 14.0. The Balaban J connectivity index is 1.90. The summed E-state index contributed by atoms with van der Waals surface area (Å²) in [5, 5.41) is 0. The normalized spacial score (nSPS) is 34.7. The van der Waals surface area contributed by atoms with Crippen molar-refractivity contribution in [2.75, 3.05) is 0 Å². The zero-order valence-corrected chi connectivity index (χ0v) is 17.4. The first kappa shape index (κ1) is 18.5. The van der Waals surface area contributed by atoms with E-state index in [-0.39, 0.29) is 29.3 Å². The van der Waals surface area contributed by atoms with Crippen LogP contribution < -0.4 is 0 Å². The average molecular weight is 385 g/mol. The lowest BCUT2D eigenvalue weighted by molar-refractivity contribution is -0.129. The van der Waals surface area contributed by atoms with E-state index >= 15 is 0 Å². The van der Waals surface area contributed by atoms with Crippen LogP contribution in [0, 0.1) is 17.8 Å². The van der Waals surface area contributed by atoms with Gasteiger partial charge in [-0.1, -0.05) is 80.4 Å². The molecule has 29 heavy (non-hydrogen) atoms. The molecule has 2 heteroatoms. The Morgan fingerprint density at radius 2 is 1.59 bits per heavy atom. The minimum atomic E-state index is -0.718. The highest BCUT2D eigenvalue weighted by atomic mass is 16.1. The van der Waals surface area contributed by atoms with Gasteiger partial charge in [0, 0.05) is 17.3 Å². The van der Waals surface area contributed by atoms with Crippen LogP contribution in [0.5, 0.6) is 0 Å². The van der Waals surface area contributed by atoms with Crippen LogP contribution in [0.25, 0.3) is 0 Å². The second-order valence-corrected chi connectivity index (χ2v) is 9.29. The molecule has 4 bridgehead atoms. The lowest BCUT2D eigenvalue weighted by Crippen LogP contribution is -2.54. The standard InChI is InChI=1S/C27H28O2/c1-4-5-13-19-22-23-24(28)17(2)16-27(22,18-11-7-6-8-12-18)21-15-10-9-14-20(21)26(23,3)25(19)29/h6-12,14-16,19,22-23H,4-5,13H2,1-3H3/t19-,22-,23+,26-,27+/m0/s1. The van der Waals surface area contributed by atoms with Crippen LogP contribution in [0.2, 0.25) is 0 Å². The number of carbonyl (C=O) groups excluding carboxylic acids is 2. The molecule has 148 valence electrons. The summed E-state index contributed by atoms with van der Waals surface area (Å²) >= 11 is 0. The zero-order chi connectivity index (χ0) is 20.4. The molecule has 0 aromatic heterocycles. The third-order valence-corrected chi connectivity index (χ3v) is 7.96. The first-order chi connectivity index (χ1) is 14.0. The monoisotopic (exact) mass is 384 g/mol. The summed E-state index contributed by atoms with van der Waals surface area (Å²) in [4.78, 5) is 27.5. The highest BCUT2D eigenvalue weighted by Gasteiger charge is 2.71. The summed E-state index contributed by atoms with van der Waals surface area (Å²) in [5.74, 6) is 0.108. The van der Waals surface area contributed by atoms with Crippen molar-refractivity contribution >= 4 is 11.6 Å². The molecule has 5 rings (SSSR count). The fourth-order valence-corrected chi connectivity index (χ4v) is 6.79. The van der Waals surface area contributed by atoms with Gasteiger partial charge in [0.2, 0.25) is 0 Å². The van der Waals surface area contributed by atoms with Crippen molar-refractivity contribution in [2.24, 2.45) is 17.8 Å². The highest BCUT2D eigenvalue weighted by Crippen LogP contribution is 2.67. The fourth-order valence-electron chi connectivity index (χ4n) is 6.79. The number of hydrogen-bond donors (Lipinski definition) is 0. The van der Waals surface area contributed by atoms with Crippen LogP contribution in [0.15, 0.2) is 66.2 Å². The smallest absolute Gasteiger partial charge is 0.163 e. The van der Waals surface area contributed by atoms with Gasteiger partial charge in [-0.25, -0.2) is 0 Å². The molecular formula is C27H28O2. The molecule has 2 aromatic rings. The van der Waals surface area contributed by atoms with Crippen molar-refractivity contribution < 1.29 is 9.59 Å². The van der Waals surface area contributed by atoms with Crippen LogP contribution in [0.4, 0.5) is 0 Å². The summed E-state index contributed by atoms with van der Waals surface area (Å²) in [5.41, 5.74) is 3.16. The lowest BCUT2D eigenvalue weighted by Gasteiger charge is -2.52. The van der Waals surface area contributed by atoms with Crippen LogP contribution in [0.1, 0.15) is 56.7 Å². The molecule has 0 heterocycles. The van der Waals surface area contributed by atoms with Gasteiger partial charge in [0.05, 0.1) is 5.41 Å². The van der Waals surface area contributed by atoms with Gasteiger partial charge >= 0.3 is 0 Å². The minimum Gasteiger partial charge on any atom is -0.298 e. The van der Waals surface area contributed by atoms with Crippen molar-refractivity contribution in [2.45, 2.75) is 50.9 Å². The fraction of sp³-hybridized carbons (Fsp3) is 0.407. The quantitative estimate of drug-likeness (QED) is 0.708. The predicted octanol–water partition coefficient (Wildman–Crippen LogP) is 5.39. The van der Waals surface area contributed by atoms with Crippen LogP contribution in [0.3, 0.4) is 0 Å². The van der Waals surface area contributed by atoms with Gasteiger partial charge in [-0.2, -0.15) is 0 Å². The SMILES string of the molecule is CCCC[C@@H]1C(=O)[C@@]2(C)c3ccccc3[C@]3(c4ccccc4)C=C(C)C(=O)[C@H]2[C@H]13. The van der Waals surface area contributed by atoms with E-state index < -0.39 is 10.8 Å². The number of ketones is 2. The molecule has 3 aliphatic carbocycles. The Bertz CT molecular complexity index is 1030. The van der Waals surface area contributed by atoms with Gasteiger partial charge in [0.1, 0.15) is 5.78 Å². The molecule has 0 N–H and O–H groups in total. The number of carbonyl (C=O) groups is 2. The number of allylic oxidation sites excluding steroid dienone is 2. The van der Waals surface area contributed by atoms with Crippen LogP contribution >= 0.6 is 0 Å². The number of rotatable bonds is 4.